The third kappa shape index (κ3) is 4.54. The number of carbonyl (C=O) groups is 2. The van der Waals surface area contributed by atoms with E-state index in [9.17, 15) is 9.59 Å². The molecule has 0 saturated heterocycles. The van der Waals surface area contributed by atoms with Crippen molar-refractivity contribution in [3.05, 3.63) is 71.0 Å². The van der Waals surface area contributed by atoms with Crippen LogP contribution in [0.5, 0.6) is 0 Å². The Labute approximate surface area is 157 Å². The van der Waals surface area contributed by atoms with Gasteiger partial charge in [0.05, 0.1) is 6.61 Å². The second-order valence-electron chi connectivity index (χ2n) is 6.18. The molecule has 0 unspecified atom stereocenters. The number of benzene rings is 2. The number of furan rings is 1. The summed E-state index contributed by atoms with van der Waals surface area (Å²) in [5.74, 6) is -1.01. The van der Waals surface area contributed by atoms with Gasteiger partial charge in [0.25, 0.3) is 5.91 Å². The molecule has 2 aromatic carbocycles. The molecule has 27 heavy (non-hydrogen) atoms. The Morgan fingerprint density at radius 2 is 1.81 bits per heavy atom. The zero-order valence-electron chi connectivity index (χ0n) is 15.3. The molecule has 0 saturated carbocycles. The van der Waals surface area contributed by atoms with Crippen molar-refractivity contribution in [1.29, 1.82) is 0 Å². The van der Waals surface area contributed by atoms with Crippen LogP contribution in [0.1, 0.15) is 27.2 Å². The maximum atomic E-state index is 12.4. The SMILES string of the molecule is COCc1c(C(=O)OCC(=O)NCc2ccc(C)cc2)oc2ccccc12. The topological polar surface area (TPSA) is 77.8 Å². The molecular weight excluding hydrogens is 346 g/mol. The molecule has 0 radical (unpaired) electrons. The second-order valence-corrected chi connectivity index (χ2v) is 6.18. The number of esters is 1. The van der Waals surface area contributed by atoms with Gasteiger partial charge in [0, 0.05) is 24.6 Å². The molecule has 0 atom stereocenters. The minimum absolute atomic E-state index is 0.0596. The van der Waals surface area contributed by atoms with Gasteiger partial charge in [0.2, 0.25) is 5.76 Å². The van der Waals surface area contributed by atoms with Crippen LogP contribution in [-0.4, -0.2) is 25.6 Å². The number of amides is 1. The molecule has 0 aliphatic carbocycles. The molecule has 0 aliphatic rings. The third-order valence-electron chi connectivity index (χ3n) is 4.12. The molecule has 1 aromatic heterocycles. The van der Waals surface area contributed by atoms with Crippen molar-refractivity contribution in [2.24, 2.45) is 0 Å². The van der Waals surface area contributed by atoms with Crippen LogP contribution >= 0.6 is 0 Å². The van der Waals surface area contributed by atoms with Crippen molar-refractivity contribution in [3.63, 3.8) is 0 Å². The molecule has 140 valence electrons. The molecular formula is C21H21NO5. The molecule has 0 bridgehead atoms. The Balaban J connectivity index is 1.60. The zero-order chi connectivity index (χ0) is 19.2. The monoisotopic (exact) mass is 367 g/mol. The van der Waals surface area contributed by atoms with Gasteiger partial charge in [-0.05, 0) is 18.6 Å². The zero-order valence-corrected chi connectivity index (χ0v) is 15.3. The van der Waals surface area contributed by atoms with E-state index in [0.29, 0.717) is 17.7 Å². The van der Waals surface area contributed by atoms with Crippen molar-refractivity contribution in [3.8, 4) is 0 Å². The Kier molecular flexibility index (Phi) is 5.88. The first-order valence-electron chi connectivity index (χ1n) is 8.57. The average molecular weight is 367 g/mol. The number of ether oxygens (including phenoxy) is 2. The molecule has 1 amide bonds. The van der Waals surface area contributed by atoms with E-state index in [0.717, 1.165) is 16.5 Å². The van der Waals surface area contributed by atoms with Gasteiger partial charge in [-0.25, -0.2) is 4.79 Å². The standard InChI is InChI=1S/C21H21NO5/c1-14-7-9-15(10-8-14)11-22-19(23)13-26-21(24)20-17(12-25-2)16-5-3-4-6-18(16)27-20/h3-10H,11-13H2,1-2H3,(H,22,23). The van der Waals surface area contributed by atoms with Crippen LogP contribution in [0.3, 0.4) is 0 Å². The van der Waals surface area contributed by atoms with Crippen molar-refractivity contribution in [1.82, 2.24) is 5.32 Å². The minimum Gasteiger partial charge on any atom is -0.450 e. The number of para-hydroxylation sites is 1. The fourth-order valence-corrected chi connectivity index (χ4v) is 2.71. The van der Waals surface area contributed by atoms with E-state index >= 15 is 0 Å². The van der Waals surface area contributed by atoms with Crippen LogP contribution in [-0.2, 0) is 27.4 Å². The molecule has 3 aromatic rings. The lowest BCUT2D eigenvalue weighted by molar-refractivity contribution is -0.124. The highest BCUT2D eigenvalue weighted by Crippen LogP contribution is 2.27. The third-order valence-corrected chi connectivity index (χ3v) is 4.12. The lowest BCUT2D eigenvalue weighted by Gasteiger charge is -2.07. The predicted octanol–water partition coefficient (Wildman–Crippen LogP) is 3.36. The van der Waals surface area contributed by atoms with Crippen molar-refractivity contribution < 1.29 is 23.5 Å². The van der Waals surface area contributed by atoms with Crippen LogP contribution in [0, 0.1) is 6.92 Å². The maximum Gasteiger partial charge on any atom is 0.375 e. The van der Waals surface area contributed by atoms with Gasteiger partial charge < -0.3 is 19.2 Å². The van der Waals surface area contributed by atoms with Gasteiger partial charge in [-0.2, -0.15) is 0 Å². The summed E-state index contributed by atoms with van der Waals surface area (Å²) in [4.78, 5) is 24.3. The molecule has 1 N–H and O–H groups in total. The lowest BCUT2D eigenvalue weighted by atomic mass is 10.1. The summed E-state index contributed by atoms with van der Waals surface area (Å²) in [6.45, 7) is 2.20. The normalized spacial score (nSPS) is 10.7. The number of hydrogen-bond acceptors (Lipinski definition) is 5. The Bertz CT molecular complexity index is 943. The lowest BCUT2D eigenvalue weighted by Crippen LogP contribution is -2.28. The smallest absolute Gasteiger partial charge is 0.375 e. The highest BCUT2D eigenvalue weighted by atomic mass is 16.5. The summed E-state index contributed by atoms with van der Waals surface area (Å²) in [5.41, 5.74) is 3.30. The summed E-state index contributed by atoms with van der Waals surface area (Å²) < 4.78 is 15.9. The minimum atomic E-state index is -0.691. The number of methoxy groups -OCH3 is 1. The second kappa shape index (κ2) is 8.51. The first-order chi connectivity index (χ1) is 13.1. The maximum absolute atomic E-state index is 12.4. The molecule has 3 rings (SSSR count). The average Bonchev–Trinajstić information content (AvgIpc) is 3.05. The summed E-state index contributed by atoms with van der Waals surface area (Å²) in [5, 5.41) is 3.51. The fourth-order valence-electron chi connectivity index (χ4n) is 2.71. The fraction of sp³-hybridized carbons (Fsp3) is 0.238. The van der Waals surface area contributed by atoms with Crippen molar-refractivity contribution >= 4 is 22.8 Å². The molecule has 6 nitrogen and oxygen atoms in total. The number of nitrogens with one attached hydrogen (secondary N) is 1. The molecule has 0 spiro atoms. The van der Waals surface area contributed by atoms with Crippen LogP contribution in [0.4, 0.5) is 0 Å². The van der Waals surface area contributed by atoms with E-state index in [2.05, 4.69) is 5.32 Å². The Hall–Kier alpha value is -3.12. The van der Waals surface area contributed by atoms with Crippen molar-refractivity contribution in [2.75, 3.05) is 13.7 Å². The molecule has 0 aliphatic heterocycles. The van der Waals surface area contributed by atoms with Gasteiger partial charge in [0.1, 0.15) is 5.58 Å². The Morgan fingerprint density at radius 1 is 1.07 bits per heavy atom. The van der Waals surface area contributed by atoms with Crippen LogP contribution < -0.4 is 5.32 Å². The summed E-state index contributed by atoms with van der Waals surface area (Å²) in [6.07, 6.45) is 0. The van der Waals surface area contributed by atoms with Crippen LogP contribution in [0.2, 0.25) is 0 Å². The van der Waals surface area contributed by atoms with Crippen LogP contribution in [0.15, 0.2) is 52.9 Å². The first kappa shape index (κ1) is 18.7. The Morgan fingerprint density at radius 3 is 2.56 bits per heavy atom. The summed E-state index contributed by atoms with van der Waals surface area (Å²) in [7, 11) is 1.54. The van der Waals surface area contributed by atoms with Crippen molar-refractivity contribution in [2.45, 2.75) is 20.1 Å². The highest BCUT2D eigenvalue weighted by molar-refractivity contribution is 5.96. The van der Waals surface area contributed by atoms with E-state index in [4.69, 9.17) is 13.9 Å². The number of hydrogen-bond donors (Lipinski definition) is 1. The molecule has 1 heterocycles. The number of carbonyl (C=O) groups excluding carboxylic acids is 2. The number of fused-ring (bicyclic) bond motifs is 1. The first-order valence-corrected chi connectivity index (χ1v) is 8.57. The van der Waals surface area contributed by atoms with E-state index in [-0.39, 0.29) is 24.9 Å². The summed E-state index contributed by atoms with van der Waals surface area (Å²) in [6, 6.07) is 15.1. The quantitative estimate of drug-likeness (QED) is 0.648. The number of aryl methyl sites for hydroxylation is 1. The van der Waals surface area contributed by atoms with E-state index in [1.54, 1.807) is 6.07 Å². The van der Waals surface area contributed by atoms with E-state index < -0.39 is 5.97 Å². The van der Waals surface area contributed by atoms with Gasteiger partial charge in [-0.1, -0.05) is 48.0 Å². The van der Waals surface area contributed by atoms with E-state index in [1.165, 1.54) is 7.11 Å². The van der Waals surface area contributed by atoms with Gasteiger partial charge >= 0.3 is 5.97 Å². The number of rotatable bonds is 7. The van der Waals surface area contributed by atoms with E-state index in [1.807, 2.05) is 49.4 Å². The van der Waals surface area contributed by atoms with Gasteiger partial charge in [-0.3, -0.25) is 4.79 Å². The highest BCUT2D eigenvalue weighted by Gasteiger charge is 2.22. The molecule has 0 fully saturated rings. The largest absolute Gasteiger partial charge is 0.450 e. The van der Waals surface area contributed by atoms with Crippen LogP contribution in [0.25, 0.3) is 11.0 Å². The summed E-state index contributed by atoms with van der Waals surface area (Å²) >= 11 is 0. The molecule has 6 heteroatoms. The van der Waals surface area contributed by atoms with Gasteiger partial charge in [0.15, 0.2) is 6.61 Å². The van der Waals surface area contributed by atoms with Gasteiger partial charge in [-0.15, -0.1) is 0 Å². The predicted molar refractivity (Wildman–Crippen MR) is 100 cm³/mol.